The molecule has 1 heteroatoms. The smallest absolute Gasteiger partial charge is 0.00986 e. The average Bonchev–Trinajstić information content (AvgIpc) is 2.63. The number of benzene rings is 3. The van der Waals surface area contributed by atoms with E-state index in [9.17, 15) is 0 Å². The first kappa shape index (κ1) is 24.7. The average molecular weight is 445 g/mol. The van der Waals surface area contributed by atoms with Gasteiger partial charge in [-0.15, -0.1) is 0 Å². The molecule has 0 aliphatic carbocycles. The highest BCUT2D eigenvalue weighted by Crippen LogP contribution is 2.60. The summed E-state index contributed by atoms with van der Waals surface area (Å²) < 4.78 is 0. The summed E-state index contributed by atoms with van der Waals surface area (Å²) in [5, 5.41) is 2.04. The van der Waals surface area contributed by atoms with Crippen molar-refractivity contribution >= 4 is 13.2 Å². The quantitative estimate of drug-likeness (QED) is 0.353. The molecule has 170 valence electrons. The van der Waals surface area contributed by atoms with Crippen LogP contribution in [0, 0.1) is 34.6 Å². The zero-order valence-electron chi connectivity index (χ0n) is 22.1. The van der Waals surface area contributed by atoms with E-state index < -0.39 is 0 Å². The summed E-state index contributed by atoms with van der Waals surface area (Å²) in [5.41, 5.74) is 12.4. The van der Waals surface area contributed by atoms with Crippen molar-refractivity contribution in [3.8, 4) is 22.3 Å². The lowest BCUT2D eigenvalue weighted by Crippen LogP contribution is -2.33. The minimum absolute atomic E-state index is 0.231. The van der Waals surface area contributed by atoms with Crippen LogP contribution in [-0.4, -0.2) is 10.3 Å². The van der Waals surface area contributed by atoms with Gasteiger partial charge in [-0.25, -0.2) is 0 Å². The summed E-state index contributed by atoms with van der Waals surface area (Å²) in [6.07, 6.45) is 0. The zero-order chi connectivity index (χ0) is 24.0. The monoisotopic (exact) mass is 444 g/mol. The highest BCUT2D eigenvalue weighted by atomic mass is 31.1. The standard InChI is InChI=1S/C31H41P/c1-20-14-12-16-26(24(20)5)25-18-22(3)28(23(4)19-25)27-17-13-15-21(2)29(27)32(30(6,7)8)31(9,10)11/h12-19H,1-11H3. The fourth-order valence-corrected chi connectivity index (χ4v) is 9.65. The van der Waals surface area contributed by atoms with Crippen LogP contribution in [0.25, 0.3) is 22.3 Å². The van der Waals surface area contributed by atoms with Crippen molar-refractivity contribution in [1.29, 1.82) is 0 Å². The van der Waals surface area contributed by atoms with Crippen molar-refractivity contribution < 1.29 is 0 Å². The van der Waals surface area contributed by atoms with Gasteiger partial charge in [-0.1, -0.05) is 98.0 Å². The second-order valence-electron chi connectivity index (χ2n) is 11.4. The van der Waals surface area contributed by atoms with Crippen LogP contribution in [-0.2, 0) is 0 Å². The number of hydrogen-bond acceptors (Lipinski definition) is 0. The zero-order valence-corrected chi connectivity index (χ0v) is 23.0. The van der Waals surface area contributed by atoms with Crippen LogP contribution in [0.2, 0.25) is 0 Å². The maximum Gasteiger partial charge on any atom is -0.00986 e. The van der Waals surface area contributed by atoms with Crippen LogP contribution in [0.1, 0.15) is 69.4 Å². The molecule has 0 amide bonds. The van der Waals surface area contributed by atoms with Gasteiger partial charge in [0.15, 0.2) is 0 Å². The fourth-order valence-electron chi connectivity index (χ4n) is 5.44. The van der Waals surface area contributed by atoms with Crippen molar-refractivity contribution in [1.82, 2.24) is 0 Å². The Kier molecular flexibility index (Phi) is 6.80. The lowest BCUT2D eigenvalue weighted by Gasteiger charge is -2.43. The van der Waals surface area contributed by atoms with Gasteiger partial charge in [-0.3, -0.25) is 0 Å². The van der Waals surface area contributed by atoms with E-state index in [1.54, 1.807) is 5.30 Å². The topological polar surface area (TPSA) is 0 Å². The summed E-state index contributed by atoms with van der Waals surface area (Å²) in [6, 6.07) is 18.3. The van der Waals surface area contributed by atoms with Crippen LogP contribution in [0.5, 0.6) is 0 Å². The van der Waals surface area contributed by atoms with E-state index in [1.165, 1.54) is 50.1 Å². The molecule has 0 bridgehead atoms. The molecule has 0 aliphatic rings. The highest BCUT2D eigenvalue weighted by Gasteiger charge is 2.38. The molecule has 3 rings (SSSR count). The lowest BCUT2D eigenvalue weighted by molar-refractivity contribution is 0.714. The lowest BCUT2D eigenvalue weighted by atomic mass is 9.89. The number of rotatable bonds is 3. The molecule has 0 aromatic heterocycles. The molecule has 3 aromatic rings. The maximum absolute atomic E-state index is 2.42. The fraction of sp³-hybridized carbons (Fsp3) is 0.419. The third-order valence-corrected chi connectivity index (χ3v) is 10.2. The summed E-state index contributed by atoms with van der Waals surface area (Å²) in [7, 11) is -0.389. The third kappa shape index (κ3) is 4.72. The van der Waals surface area contributed by atoms with Crippen LogP contribution < -0.4 is 5.30 Å². The van der Waals surface area contributed by atoms with Crippen LogP contribution in [0.15, 0.2) is 48.5 Å². The molecule has 0 unspecified atom stereocenters. The van der Waals surface area contributed by atoms with Gasteiger partial charge >= 0.3 is 0 Å². The van der Waals surface area contributed by atoms with Crippen molar-refractivity contribution in [2.45, 2.75) is 86.5 Å². The first-order valence-corrected chi connectivity index (χ1v) is 13.2. The van der Waals surface area contributed by atoms with Gasteiger partial charge in [0.05, 0.1) is 0 Å². The molecule has 0 spiro atoms. The normalized spacial score (nSPS) is 12.5. The van der Waals surface area contributed by atoms with E-state index in [2.05, 4.69) is 125 Å². The molecular formula is C31H41P. The minimum atomic E-state index is -0.389. The molecule has 0 fully saturated rings. The Hall–Kier alpha value is -1.91. The molecule has 0 atom stereocenters. The Labute approximate surface area is 198 Å². The molecule has 0 saturated carbocycles. The van der Waals surface area contributed by atoms with Gasteiger partial charge in [-0.2, -0.15) is 0 Å². The van der Waals surface area contributed by atoms with Crippen molar-refractivity contribution in [2.24, 2.45) is 0 Å². The summed E-state index contributed by atoms with van der Waals surface area (Å²) in [5.74, 6) is 0. The van der Waals surface area contributed by atoms with E-state index in [1.807, 2.05) is 0 Å². The second kappa shape index (κ2) is 8.79. The van der Waals surface area contributed by atoms with E-state index in [0.717, 1.165) is 0 Å². The van der Waals surface area contributed by atoms with Gasteiger partial charge in [-0.05, 0) is 100 Å². The molecule has 3 aromatic carbocycles. The molecular weight excluding hydrogens is 403 g/mol. The van der Waals surface area contributed by atoms with Gasteiger partial charge in [0.1, 0.15) is 0 Å². The molecule has 0 N–H and O–H groups in total. The number of hydrogen-bond donors (Lipinski definition) is 0. The van der Waals surface area contributed by atoms with E-state index >= 15 is 0 Å². The summed E-state index contributed by atoms with van der Waals surface area (Å²) in [4.78, 5) is 0. The van der Waals surface area contributed by atoms with Gasteiger partial charge in [0.2, 0.25) is 0 Å². The summed E-state index contributed by atoms with van der Waals surface area (Å²) in [6.45, 7) is 25.8. The van der Waals surface area contributed by atoms with Gasteiger partial charge < -0.3 is 0 Å². The Bertz CT molecular complexity index is 1100. The predicted octanol–water partition coefficient (Wildman–Crippen LogP) is 9.27. The second-order valence-corrected chi connectivity index (χ2v) is 15.2. The van der Waals surface area contributed by atoms with Gasteiger partial charge in [0, 0.05) is 0 Å². The largest absolute Gasteiger partial charge is 0.0633 e. The molecule has 0 aliphatic heterocycles. The van der Waals surface area contributed by atoms with Gasteiger partial charge in [0.25, 0.3) is 0 Å². The third-order valence-electron chi connectivity index (χ3n) is 6.52. The molecule has 0 nitrogen and oxygen atoms in total. The highest BCUT2D eigenvalue weighted by molar-refractivity contribution is 7.69. The van der Waals surface area contributed by atoms with Crippen molar-refractivity contribution in [3.05, 3.63) is 76.3 Å². The van der Waals surface area contributed by atoms with Crippen LogP contribution in [0.4, 0.5) is 0 Å². The Morgan fingerprint density at radius 3 is 1.53 bits per heavy atom. The maximum atomic E-state index is 2.42. The first-order valence-electron chi connectivity index (χ1n) is 11.8. The van der Waals surface area contributed by atoms with E-state index in [4.69, 9.17) is 0 Å². The molecule has 0 radical (unpaired) electrons. The van der Waals surface area contributed by atoms with Crippen molar-refractivity contribution in [3.63, 3.8) is 0 Å². The van der Waals surface area contributed by atoms with E-state index in [0.29, 0.717) is 0 Å². The molecule has 0 heterocycles. The number of aryl methyl sites for hydroxylation is 4. The SMILES string of the molecule is Cc1cccc(-c2cc(C)c(-c3cccc(C)c3P(C(C)(C)C)C(C)(C)C)c(C)c2)c1C. The van der Waals surface area contributed by atoms with E-state index in [-0.39, 0.29) is 18.2 Å². The Morgan fingerprint density at radius 1 is 0.562 bits per heavy atom. The Morgan fingerprint density at radius 2 is 1.03 bits per heavy atom. The molecule has 32 heavy (non-hydrogen) atoms. The Balaban J connectivity index is 2.29. The predicted molar refractivity (Wildman–Crippen MR) is 147 cm³/mol. The molecule has 0 saturated heterocycles. The first-order chi connectivity index (χ1) is 14.7. The minimum Gasteiger partial charge on any atom is -0.0633 e. The van der Waals surface area contributed by atoms with Crippen molar-refractivity contribution in [2.75, 3.05) is 0 Å². The van der Waals surface area contributed by atoms with Crippen LogP contribution in [0.3, 0.4) is 0 Å². The summed E-state index contributed by atoms with van der Waals surface area (Å²) >= 11 is 0. The van der Waals surface area contributed by atoms with Crippen LogP contribution >= 0.6 is 7.92 Å².